The highest BCUT2D eigenvalue weighted by Crippen LogP contribution is 2.56. The molecule has 5 rings (SSSR count). The van der Waals surface area contributed by atoms with E-state index < -0.39 is 0 Å². The van der Waals surface area contributed by atoms with E-state index in [0.717, 1.165) is 17.7 Å². The molecule has 0 saturated heterocycles. The minimum atomic E-state index is -0.150. The normalized spacial score (nSPS) is 14.7. The van der Waals surface area contributed by atoms with Crippen LogP contribution in [0.2, 0.25) is 0 Å². The Morgan fingerprint density at radius 3 is 1.89 bits per heavy atom. The molecule has 2 atom stereocenters. The molecular weight excluding hydrogens is 629 g/mol. The summed E-state index contributed by atoms with van der Waals surface area (Å²) in [6.07, 6.45) is 23.9. The van der Waals surface area contributed by atoms with Crippen molar-refractivity contribution < 1.29 is 9.53 Å². The first-order chi connectivity index (χ1) is 22.2. The van der Waals surface area contributed by atoms with Crippen molar-refractivity contribution in [1.82, 2.24) is 0 Å². The van der Waals surface area contributed by atoms with Crippen LogP contribution in [0.25, 0.3) is 29.6 Å². The molecule has 2 bridgehead atoms. The highest BCUT2D eigenvalue weighted by molar-refractivity contribution is 7.32. The number of hydrogen-bond acceptors (Lipinski definition) is 6. The Morgan fingerprint density at radius 1 is 0.711 bits per heavy atom. The van der Waals surface area contributed by atoms with Crippen molar-refractivity contribution in [2.75, 3.05) is 6.61 Å². The lowest BCUT2D eigenvalue weighted by Crippen LogP contribution is -2.13. The van der Waals surface area contributed by atoms with Crippen LogP contribution < -0.4 is 0 Å². The zero-order valence-electron chi connectivity index (χ0n) is 27.9. The second-order valence-electron chi connectivity index (χ2n) is 13.1. The number of rotatable bonds is 21. The molecule has 4 aromatic rings. The predicted molar refractivity (Wildman–Crippen MR) is 202 cm³/mol. The molecule has 246 valence electrons. The molecule has 0 amide bonds. The summed E-state index contributed by atoms with van der Waals surface area (Å²) in [5.41, 5.74) is 2.98. The molecule has 0 N–H and O–H groups in total. The van der Waals surface area contributed by atoms with Crippen LogP contribution in [-0.2, 0) is 4.74 Å². The number of esters is 1. The van der Waals surface area contributed by atoms with Gasteiger partial charge in [-0.1, -0.05) is 124 Å². The first-order valence-electron chi connectivity index (χ1n) is 18.0. The lowest BCUT2D eigenvalue weighted by molar-refractivity contribution is 0.0434. The molecular formula is C39H54O2S4. The van der Waals surface area contributed by atoms with Gasteiger partial charge in [0.2, 0.25) is 0 Å². The molecule has 6 heteroatoms. The molecule has 1 aliphatic heterocycles. The molecule has 2 unspecified atom stereocenters. The summed E-state index contributed by atoms with van der Waals surface area (Å²) in [6.45, 7) is 7.26. The SMILES string of the molecule is CCCCCCCCCCCCCCCC1c2ccsc2-c2sc(c3sc(C(=O)OCC(CC)CCCC)cc23)-c2sccc21. The number of hydrogen-bond donors (Lipinski definition) is 0. The summed E-state index contributed by atoms with van der Waals surface area (Å²) in [7, 11) is 0. The van der Waals surface area contributed by atoms with Gasteiger partial charge in [-0.3, -0.25) is 0 Å². The second-order valence-corrected chi connectivity index (χ2v) is 17.0. The predicted octanol–water partition coefficient (Wildman–Crippen LogP) is 14.7. The summed E-state index contributed by atoms with van der Waals surface area (Å²) < 4.78 is 7.15. The zero-order chi connectivity index (χ0) is 31.4. The van der Waals surface area contributed by atoms with Gasteiger partial charge in [0.15, 0.2) is 0 Å². The van der Waals surface area contributed by atoms with E-state index in [1.54, 1.807) is 11.3 Å². The number of carbonyl (C=O) groups is 1. The fourth-order valence-electron chi connectivity index (χ4n) is 6.91. The van der Waals surface area contributed by atoms with Crippen molar-refractivity contribution in [2.24, 2.45) is 5.92 Å². The van der Waals surface area contributed by atoms with Crippen molar-refractivity contribution >= 4 is 61.4 Å². The van der Waals surface area contributed by atoms with E-state index in [1.807, 2.05) is 34.0 Å². The van der Waals surface area contributed by atoms with E-state index in [-0.39, 0.29) is 5.97 Å². The maximum Gasteiger partial charge on any atom is 0.348 e. The van der Waals surface area contributed by atoms with Crippen LogP contribution in [0.4, 0.5) is 0 Å². The van der Waals surface area contributed by atoms with Gasteiger partial charge in [0.25, 0.3) is 0 Å². The number of thiophene rings is 4. The molecule has 0 fully saturated rings. The van der Waals surface area contributed by atoms with Gasteiger partial charge in [0.05, 0.1) is 21.1 Å². The average Bonchev–Trinajstić information content (AvgIpc) is 3.85. The van der Waals surface area contributed by atoms with Gasteiger partial charge in [0.1, 0.15) is 4.88 Å². The third kappa shape index (κ3) is 8.91. The van der Waals surface area contributed by atoms with Crippen LogP contribution in [0.3, 0.4) is 0 Å². The fraction of sp³-hybridized carbons (Fsp3) is 0.615. The third-order valence-corrected chi connectivity index (χ3v) is 14.4. The minimum absolute atomic E-state index is 0.150. The van der Waals surface area contributed by atoms with E-state index in [9.17, 15) is 4.79 Å². The summed E-state index contributed by atoms with van der Waals surface area (Å²) in [5, 5.41) is 5.82. The van der Waals surface area contributed by atoms with E-state index in [4.69, 9.17) is 4.74 Å². The van der Waals surface area contributed by atoms with E-state index in [0.29, 0.717) is 18.4 Å². The molecule has 1 aliphatic rings. The largest absolute Gasteiger partial charge is 0.461 e. The quantitative estimate of drug-likeness (QED) is 0.0646. The fourth-order valence-corrected chi connectivity index (χ4v) is 11.8. The van der Waals surface area contributed by atoms with Crippen LogP contribution in [0.5, 0.6) is 0 Å². The van der Waals surface area contributed by atoms with E-state index in [1.165, 1.54) is 143 Å². The Morgan fingerprint density at radius 2 is 1.29 bits per heavy atom. The molecule has 2 nitrogen and oxygen atoms in total. The Hall–Kier alpha value is -1.47. The van der Waals surface area contributed by atoms with Gasteiger partial charge in [-0.25, -0.2) is 4.79 Å². The molecule has 5 heterocycles. The van der Waals surface area contributed by atoms with Crippen LogP contribution >= 0.6 is 45.3 Å². The van der Waals surface area contributed by atoms with Gasteiger partial charge in [-0.2, -0.15) is 0 Å². The monoisotopic (exact) mass is 682 g/mol. The number of carbonyl (C=O) groups excluding carboxylic acids is 1. The molecule has 45 heavy (non-hydrogen) atoms. The number of fused-ring (bicyclic) bond motifs is 9. The summed E-state index contributed by atoms with van der Waals surface area (Å²) in [5.74, 6) is 0.766. The second kappa shape index (κ2) is 18.2. The van der Waals surface area contributed by atoms with Gasteiger partial charge < -0.3 is 4.74 Å². The topological polar surface area (TPSA) is 26.3 Å². The molecule has 0 aromatic carbocycles. The third-order valence-electron chi connectivity index (χ3n) is 9.73. The van der Waals surface area contributed by atoms with E-state index >= 15 is 0 Å². The highest BCUT2D eigenvalue weighted by atomic mass is 32.1. The van der Waals surface area contributed by atoms with Crippen LogP contribution in [0.15, 0.2) is 29.0 Å². The average molecular weight is 683 g/mol. The molecule has 0 saturated carbocycles. The lowest BCUT2D eigenvalue weighted by Gasteiger charge is -2.20. The highest BCUT2D eigenvalue weighted by Gasteiger charge is 2.31. The summed E-state index contributed by atoms with van der Waals surface area (Å²) in [6, 6.07) is 6.90. The van der Waals surface area contributed by atoms with Crippen molar-refractivity contribution in [3.63, 3.8) is 0 Å². The maximum absolute atomic E-state index is 13.2. The van der Waals surface area contributed by atoms with Crippen molar-refractivity contribution in [3.05, 3.63) is 45.0 Å². The van der Waals surface area contributed by atoms with Crippen LogP contribution in [-0.4, -0.2) is 12.6 Å². The Bertz CT molecular complexity index is 1380. The van der Waals surface area contributed by atoms with Gasteiger partial charge in [-0.05, 0) is 58.8 Å². The maximum atomic E-state index is 13.2. The van der Waals surface area contributed by atoms with Crippen molar-refractivity contribution in [1.29, 1.82) is 0 Å². The Labute approximate surface area is 288 Å². The number of ether oxygens (including phenoxy) is 1. The molecule has 0 spiro atoms. The first-order valence-corrected chi connectivity index (χ1v) is 21.4. The van der Waals surface area contributed by atoms with E-state index in [2.05, 4.69) is 49.7 Å². The van der Waals surface area contributed by atoms with Gasteiger partial charge in [-0.15, -0.1) is 45.3 Å². The number of unbranched alkanes of at least 4 members (excludes halogenated alkanes) is 13. The first kappa shape index (κ1) is 34.9. The standard InChI is InChI=1S/C39H54O2S4/c1-4-7-9-10-11-12-13-14-15-16-17-18-19-21-29-30-22-24-42-34(30)36-32-26-33(39(40)41-27-28(6-3)20-8-5-2)44-37(32)38(45-36)35-31(29)23-25-43-35/h22-26,28-29H,4-21,27H2,1-3H3. The van der Waals surface area contributed by atoms with Gasteiger partial charge >= 0.3 is 5.97 Å². The molecule has 0 radical (unpaired) electrons. The summed E-state index contributed by atoms with van der Waals surface area (Å²) in [4.78, 5) is 19.5. The molecule has 0 aliphatic carbocycles. The zero-order valence-corrected chi connectivity index (χ0v) is 31.2. The van der Waals surface area contributed by atoms with Crippen molar-refractivity contribution in [2.45, 2.75) is 142 Å². The lowest BCUT2D eigenvalue weighted by atomic mass is 9.86. The van der Waals surface area contributed by atoms with Crippen LogP contribution in [0, 0.1) is 5.92 Å². The minimum Gasteiger partial charge on any atom is -0.461 e. The Balaban J connectivity index is 1.20. The molecule has 4 aromatic heterocycles. The van der Waals surface area contributed by atoms with Crippen molar-refractivity contribution in [3.8, 4) is 19.5 Å². The summed E-state index contributed by atoms with van der Waals surface area (Å²) >= 11 is 7.33. The Kier molecular flexibility index (Phi) is 14.1. The smallest absolute Gasteiger partial charge is 0.348 e. The van der Waals surface area contributed by atoms with Crippen LogP contribution in [0.1, 0.15) is 163 Å². The van der Waals surface area contributed by atoms with Gasteiger partial charge in [0, 0.05) is 21.1 Å².